The normalized spacial score (nSPS) is 27.4. The van der Waals surface area contributed by atoms with Gasteiger partial charge in [0, 0.05) is 13.1 Å². The lowest BCUT2D eigenvalue weighted by atomic mass is 10.3. The lowest BCUT2D eigenvalue weighted by Crippen LogP contribution is -2.44. The summed E-state index contributed by atoms with van der Waals surface area (Å²) in [5.74, 6) is -0.300. The second-order valence-corrected chi connectivity index (χ2v) is 2.39. The van der Waals surface area contributed by atoms with E-state index < -0.39 is 0 Å². The molecule has 1 atom stereocenters. The molecule has 1 heterocycles. The van der Waals surface area contributed by atoms with E-state index in [4.69, 9.17) is 5.73 Å². The van der Waals surface area contributed by atoms with Gasteiger partial charge in [-0.1, -0.05) is 0 Å². The lowest BCUT2D eigenvalue weighted by Gasteiger charge is -2.09. The van der Waals surface area contributed by atoms with E-state index in [0.29, 0.717) is 6.54 Å². The average Bonchev–Trinajstić information content (AvgIpc) is 2.12. The summed E-state index contributed by atoms with van der Waals surface area (Å²) in [4.78, 5) is 10.6. The summed E-state index contributed by atoms with van der Waals surface area (Å²) in [5.41, 5.74) is 5.08. The predicted octanol–water partition coefficient (Wildman–Crippen LogP) is -1.56. The van der Waals surface area contributed by atoms with Gasteiger partial charge in [-0.15, -0.1) is 0 Å². The van der Waals surface area contributed by atoms with E-state index in [9.17, 15) is 4.79 Å². The van der Waals surface area contributed by atoms with Crippen molar-refractivity contribution in [2.24, 2.45) is 5.73 Å². The second kappa shape index (κ2) is 3.53. The van der Waals surface area contributed by atoms with Crippen LogP contribution in [0.2, 0.25) is 0 Å². The first-order chi connectivity index (χ1) is 4.80. The van der Waals surface area contributed by atoms with Gasteiger partial charge in [0.1, 0.15) is 6.04 Å². The first-order valence-electron chi connectivity index (χ1n) is 3.46. The summed E-state index contributed by atoms with van der Waals surface area (Å²) in [7, 11) is 0. The SMILES string of the molecule is NC(=O)C1C[N]CCCN1. The molecule has 1 amide bonds. The number of carbonyl (C=O) groups excluding carboxylic acids is 1. The van der Waals surface area contributed by atoms with E-state index in [-0.39, 0.29) is 11.9 Å². The Balaban J connectivity index is 2.35. The number of amides is 1. The predicted molar refractivity (Wildman–Crippen MR) is 37.5 cm³/mol. The van der Waals surface area contributed by atoms with E-state index in [1.165, 1.54) is 0 Å². The van der Waals surface area contributed by atoms with Crippen molar-refractivity contribution >= 4 is 5.91 Å². The van der Waals surface area contributed by atoms with Crippen LogP contribution >= 0.6 is 0 Å². The van der Waals surface area contributed by atoms with Gasteiger partial charge < -0.3 is 11.1 Å². The number of hydrogen-bond donors (Lipinski definition) is 2. The zero-order valence-corrected chi connectivity index (χ0v) is 5.84. The lowest BCUT2D eigenvalue weighted by molar-refractivity contribution is -0.119. The third kappa shape index (κ3) is 1.97. The van der Waals surface area contributed by atoms with Gasteiger partial charge in [0.2, 0.25) is 5.91 Å². The largest absolute Gasteiger partial charge is 0.368 e. The fourth-order valence-electron chi connectivity index (χ4n) is 0.943. The van der Waals surface area contributed by atoms with Crippen LogP contribution in [-0.4, -0.2) is 31.6 Å². The zero-order chi connectivity index (χ0) is 7.40. The maximum absolute atomic E-state index is 10.6. The van der Waals surface area contributed by atoms with Crippen molar-refractivity contribution in [2.45, 2.75) is 12.5 Å². The topological polar surface area (TPSA) is 69.2 Å². The van der Waals surface area contributed by atoms with Gasteiger partial charge in [-0.05, 0) is 13.0 Å². The molecule has 1 unspecified atom stereocenters. The van der Waals surface area contributed by atoms with E-state index in [0.717, 1.165) is 19.5 Å². The van der Waals surface area contributed by atoms with Gasteiger partial charge in [0.05, 0.1) is 0 Å². The van der Waals surface area contributed by atoms with Gasteiger partial charge in [0.15, 0.2) is 0 Å². The minimum absolute atomic E-state index is 0.234. The summed E-state index contributed by atoms with van der Waals surface area (Å²) in [5, 5.41) is 7.12. The Hall–Kier alpha value is -0.610. The van der Waals surface area contributed by atoms with Crippen molar-refractivity contribution in [3.8, 4) is 0 Å². The van der Waals surface area contributed by atoms with Crippen LogP contribution in [0.1, 0.15) is 6.42 Å². The standard InChI is InChI=1S/C6H12N3O/c7-6(10)5-4-8-2-1-3-9-5/h5,9H,1-4H2,(H2,7,10). The molecule has 0 aromatic rings. The maximum Gasteiger partial charge on any atom is 0.235 e. The monoisotopic (exact) mass is 142 g/mol. The molecule has 1 fully saturated rings. The van der Waals surface area contributed by atoms with Crippen LogP contribution in [0.15, 0.2) is 0 Å². The van der Waals surface area contributed by atoms with E-state index >= 15 is 0 Å². The Morgan fingerprint density at radius 3 is 3.20 bits per heavy atom. The van der Waals surface area contributed by atoms with Gasteiger partial charge in [0.25, 0.3) is 0 Å². The molecule has 1 radical (unpaired) electrons. The number of carbonyl (C=O) groups is 1. The fourth-order valence-corrected chi connectivity index (χ4v) is 0.943. The molecule has 10 heavy (non-hydrogen) atoms. The molecule has 4 heteroatoms. The van der Waals surface area contributed by atoms with Gasteiger partial charge in [-0.2, -0.15) is 0 Å². The van der Waals surface area contributed by atoms with Crippen molar-refractivity contribution < 1.29 is 4.79 Å². The molecule has 0 aromatic heterocycles. The molecule has 0 aromatic carbocycles. The molecule has 1 aliphatic rings. The Labute approximate surface area is 60.2 Å². The minimum Gasteiger partial charge on any atom is -0.368 e. The quantitative estimate of drug-likeness (QED) is 0.465. The first-order valence-corrected chi connectivity index (χ1v) is 3.46. The average molecular weight is 142 g/mol. The van der Waals surface area contributed by atoms with Crippen LogP contribution in [-0.2, 0) is 4.79 Å². The summed E-state index contributed by atoms with van der Waals surface area (Å²) in [6.45, 7) is 2.23. The Morgan fingerprint density at radius 1 is 1.70 bits per heavy atom. The zero-order valence-electron chi connectivity index (χ0n) is 5.84. The van der Waals surface area contributed by atoms with Crippen molar-refractivity contribution in [3.63, 3.8) is 0 Å². The van der Waals surface area contributed by atoms with Crippen LogP contribution in [0, 0.1) is 0 Å². The molecule has 1 saturated heterocycles. The molecule has 1 rings (SSSR count). The van der Waals surface area contributed by atoms with Crippen molar-refractivity contribution in [2.75, 3.05) is 19.6 Å². The Kier molecular flexibility index (Phi) is 2.65. The first kappa shape index (κ1) is 7.50. The molecule has 3 N–H and O–H groups in total. The molecule has 0 aliphatic carbocycles. The number of nitrogens with one attached hydrogen (secondary N) is 1. The molecular formula is C6H12N3O. The molecule has 0 saturated carbocycles. The van der Waals surface area contributed by atoms with E-state index in [2.05, 4.69) is 10.6 Å². The number of primary amides is 1. The number of hydrogen-bond acceptors (Lipinski definition) is 2. The minimum atomic E-state index is -0.300. The highest BCUT2D eigenvalue weighted by atomic mass is 16.1. The highest BCUT2D eigenvalue weighted by Crippen LogP contribution is 1.88. The van der Waals surface area contributed by atoms with Crippen LogP contribution in [0.4, 0.5) is 0 Å². The summed E-state index contributed by atoms with van der Waals surface area (Å²) in [6.07, 6.45) is 1.00. The smallest absolute Gasteiger partial charge is 0.235 e. The summed E-state index contributed by atoms with van der Waals surface area (Å²) >= 11 is 0. The number of rotatable bonds is 1. The van der Waals surface area contributed by atoms with Gasteiger partial charge in [-0.3, -0.25) is 4.79 Å². The molecule has 0 spiro atoms. The van der Waals surface area contributed by atoms with Crippen molar-refractivity contribution in [1.29, 1.82) is 0 Å². The highest BCUT2D eigenvalue weighted by molar-refractivity contribution is 5.80. The number of nitrogens with zero attached hydrogens (tertiary/aromatic N) is 1. The van der Waals surface area contributed by atoms with E-state index in [1.54, 1.807) is 0 Å². The summed E-state index contributed by atoms with van der Waals surface area (Å²) < 4.78 is 0. The van der Waals surface area contributed by atoms with Gasteiger partial charge >= 0.3 is 0 Å². The summed E-state index contributed by atoms with van der Waals surface area (Å²) in [6, 6.07) is -0.234. The molecule has 57 valence electrons. The fraction of sp³-hybridized carbons (Fsp3) is 0.833. The second-order valence-electron chi connectivity index (χ2n) is 2.39. The molecule has 4 nitrogen and oxygen atoms in total. The van der Waals surface area contributed by atoms with Crippen LogP contribution in [0.25, 0.3) is 0 Å². The van der Waals surface area contributed by atoms with Crippen molar-refractivity contribution in [3.05, 3.63) is 0 Å². The molecular weight excluding hydrogens is 130 g/mol. The van der Waals surface area contributed by atoms with E-state index in [1.807, 2.05) is 0 Å². The Bertz CT molecular complexity index is 118. The van der Waals surface area contributed by atoms with Crippen LogP contribution < -0.4 is 16.4 Å². The number of nitrogens with two attached hydrogens (primary N) is 1. The van der Waals surface area contributed by atoms with Gasteiger partial charge in [-0.25, -0.2) is 5.32 Å². The highest BCUT2D eigenvalue weighted by Gasteiger charge is 2.15. The molecule has 0 bridgehead atoms. The molecule has 1 aliphatic heterocycles. The third-order valence-corrected chi connectivity index (χ3v) is 1.54. The van der Waals surface area contributed by atoms with Crippen LogP contribution in [0.5, 0.6) is 0 Å². The van der Waals surface area contributed by atoms with Crippen LogP contribution in [0.3, 0.4) is 0 Å². The Morgan fingerprint density at radius 2 is 2.50 bits per heavy atom. The third-order valence-electron chi connectivity index (χ3n) is 1.54. The maximum atomic E-state index is 10.6. The van der Waals surface area contributed by atoms with Crippen molar-refractivity contribution in [1.82, 2.24) is 10.6 Å².